The third-order valence-corrected chi connectivity index (χ3v) is 5.63. The van der Waals surface area contributed by atoms with Gasteiger partial charge < -0.3 is 10.4 Å². The lowest BCUT2D eigenvalue weighted by atomic mass is 9.85. The van der Waals surface area contributed by atoms with Gasteiger partial charge in [0.05, 0.1) is 29.9 Å². The third-order valence-electron chi connectivity index (χ3n) is 5.38. The number of anilines is 1. The number of rotatable bonds is 7. The molecule has 3 atom stereocenters. The van der Waals surface area contributed by atoms with Gasteiger partial charge in [0.25, 0.3) is 0 Å². The summed E-state index contributed by atoms with van der Waals surface area (Å²) < 4.78 is 95.4. The molecule has 0 spiro atoms. The highest BCUT2D eigenvalue weighted by Crippen LogP contribution is 2.42. The van der Waals surface area contributed by atoms with E-state index in [2.05, 4.69) is 0 Å². The van der Waals surface area contributed by atoms with Crippen LogP contribution in [0.1, 0.15) is 41.9 Å². The van der Waals surface area contributed by atoms with Crippen molar-refractivity contribution in [3.63, 3.8) is 0 Å². The Morgan fingerprint density at radius 3 is 2.03 bits per heavy atom. The van der Waals surface area contributed by atoms with Gasteiger partial charge in [-0.3, -0.25) is 9.59 Å². The van der Waals surface area contributed by atoms with E-state index in [0.29, 0.717) is 6.07 Å². The molecule has 12 heteroatoms. The second-order valence-electron chi connectivity index (χ2n) is 7.68. The number of carbonyl (C=O) groups is 2. The number of carboxylic acids is 1. The van der Waals surface area contributed by atoms with Gasteiger partial charge in [0, 0.05) is 5.02 Å². The number of alkyl halides is 6. The zero-order valence-electron chi connectivity index (χ0n) is 17.7. The van der Waals surface area contributed by atoms with Gasteiger partial charge in [0.2, 0.25) is 5.91 Å². The van der Waals surface area contributed by atoms with Crippen molar-refractivity contribution in [2.45, 2.75) is 44.5 Å². The topological polar surface area (TPSA) is 66.4 Å². The molecule has 0 saturated carbocycles. The quantitative estimate of drug-likeness (QED) is 0.399. The van der Waals surface area contributed by atoms with Crippen molar-refractivity contribution in [1.82, 2.24) is 0 Å². The molecule has 2 aromatic carbocycles. The van der Waals surface area contributed by atoms with Gasteiger partial charge in [-0.1, -0.05) is 36.7 Å². The molecular formula is C22H19ClF7NO3. The van der Waals surface area contributed by atoms with E-state index in [1.165, 1.54) is 24.3 Å². The summed E-state index contributed by atoms with van der Waals surface area (Å²) >= 11 is 5.75. The van der Waals surface area contributed by atoms with E-state index in [0.717, 1.165) is 19.9 Å². The SMILES string of the molecule is Cc1c(C(CC(=O)O)C(F)(F)F)ccc(F)c1NC(=O)[C@H](c1ccc(Cl)cc1)[C@@H](C)C(F)(F)F. The van der Waals surface area contributed by atoms with Crippen LogP contribution < -0.4 is 5.32 Å². The van der Waals surface area contributed by atoms with Crippen molar-refractivity contribution >= 4 is 29.2 Å². The maximum absolute atomic E-state index is 14.5. The fourth-order valence-electron chi connectivity index (χ4n) is 3.53. The van der Waals surface area contributed by atoms with E-state index >= 15 is 0 Å². The van der Waals surface area contributed by atoms with Crippen LogP contribution in [-0.4, -0.2) is 29.3 Å². The van der Waals surface area contributed by atoms with E-state index in [4.69, 9.17) is 16.7 Å². The molecule has 1 unspecified atom stereocenters. The maximum Gasteiger partial charge on any atom is 0.396 e. The summed E-state index contributed by atoms with van der Waals surface area (Å²) in [5.41, 5.74) is -1.94. The molecule has 34 heavy (non-hydrogen) atoms. The van der Waals surface area contributed by atoms with Crippen LogP contribution >= 0.6 is 11.6 Å². The van der Waals surface area contributed by atoms with Crippen LogP contribution in [0.25, 0.3) is 0 Å². The predicted molar refractivity (Wildman–Crippen MR) is 110 cm³/mol. The van der Waals surface area contributed by atoms with Crippen LogP contribution in [0.4, 0.5) is 36.4 Å². The number of carboxylic acid groups (broad SMARTS) is 1. The highest BCUT2D eigenvalue weighted by atomic mass is 35.5. The van der Waals surface area contributed by atoms with Crippen LogP contribution in [0, 0.1) is 18.7 Å². The lowest BCUT2D eigenvalue weighted by Gasteiger charge is -2.27. The number of amides is 1. The summed E-state index contributed by atoms with van der Waals surface area (Å²) in [5.74, 6) is -10.9. The largest absolute Gasteiger partial charge is 0.481 e. The van der Waals surface area contributed by atoms with Gasteiger partial charge in [0.1, 0.15) is 5.82 Å². The maximum atomic E-state index is 14.5. The Morgan fingerprint density at radius 1 is 1.00 bits per heavy atom. The Balaban J connectivity index is 2.54. The number of aliphatic carboxylic acids is 1. The first-order valence-corrected chi connectivity index (χ1v) is 10.1. The number of carbonyl (C=O) groups excluding carboxylic acids is 1. The van der Waals surface area contributed by atoms with Gasteiger partial charge >= 0.3 is 18.3 Å². The van der Waals surface area contributed by atoms with Gasteiger partial charge in [-0.25, -0.2) is 4.39 Å². The van der Waals surface area contributed by atoms with Crippen molar-refractivity contribution in [3.05, 3.63) is 63.9 Å². The molecule has 2 N–H and O–H groups in total. The molecule has 2 aromatic rings. The second-order valence-corrected chi connectivity index (χ2v) is 8.11. The first kappa shape index (κ1) is 27.4. The number of hydrogen-bond donors (Lipinski definition) is 2. The zero-order valence-corrected chi connectivity index (χ0v) is 18.4. The Kier molecular flexibility index (Phi) is 8.23. The molecule has 186 valence electrons. The lowest BCUT2D eigenvalue weighted by Crippen LogP contribution is -2.35. The molecule has 4 nitrogen and oxygen atoms in total. The molecule has 2 rings (SSSR count). The molecule has 0 aliphatic carbocycles. The summed E-state index contributed by atoms with van der Waals surface area (Å²) in [7, 11) is 0. The highest BCUT2D eigenvalue weighted by Gasteiger charge is 2.46. The normalized spacial score (nSPS) is 14.9. The average molecular weight is 514 g/mol. The Labute approximate surface area is 194 Å². The lowest BCUT2D eigenvalue weighted by molar-refractivity contribution is -0.178. The summed E-state index contributed by atoms with van der Waals surface area (Å²) in [6.45, 7) is 1.75. The van der Waals surface area contributed by atoms with Crippen LogP contribution in [0.15, 0.2) is 36.4 Å². The number of halogens is 8. The molecule has 0 bridgehead atoms. The minimum atomic E-state index is -5.01. The Hall–Kier alpha value is -2.82. The molecule has 0 aromatic heterocycles. The van der Waals surface area contributed by atoms with Gasteiger partial charge in [0.15, 0.2) is 0 Å². The van der Waals surface area contributed by atoms with E-state index < -0.39 is 71.0 Å². The van der Waals surface area contributed by atoms with Crippen molar-refractivity contribution in [1.29, 1.82) is 0 Å². The first-order valence-electron chi connectivity index (χ1n) is 9.74. The number of nitrogens with one attached hydrogen (secondary N) is 1. The summed E-state index contributed by atoms with van der Waals surface area (Å²) in [4.78, 5) is 23.9. The summed E-state index contributed by atoms with van der Waals surface area (Å²) in [6.07, 6.45) is -11.2. The molecule has 0 saturated heterocycles. The van der Waals surface area contributed by atoms with Gasteiger partial charge in [-0.15, -0.1) is 0 Å². The third kappa shape index (κ3) is 6.40. The van der Waals surface area contributed by atoms with Crippen LogP contribution in [0.3, 0.4) is 0 Å². The van der Waals surface area contributed by atoms with E-state index in [-0.39, 0.29) is 10.6 Å². The summed E-state index contributed by atoms with van der Waals surface area (Å²) in [6, 6.07) is 6.19. The second kappa shape index (κ2) is 10.2. The van der Waals surface area contributed by atoms with E-state index in [1.807, 2.05) is 5.32 Å². The van der Waals surface area contributed by atoms with Crippen LogP contribution in [-0.2, 0) is 9.59 Å². The first-order chi connectivity index (χ1) is 15.5. The average Bonchev–Trinajstić information content (AvgIpc) is 2.70. The van der Waals surface area contributed by atoms with Crippen LogP contribution in [0.5, 0.6) is 0 Å². The number of hydrogen-bond acceptors (Lipinski definition) is 2. The van der Waals surface area contributed by atoms with Crippen molar-refractivity contribution in [2.24, 2.45) is 5.92 Å². The zero-order chi connectivity index (χ0) is 26.0. The van der Waals surface area contributed by atoms with E-state index in [1.54, 1.807) is 0 Å². The molecule has 0 fully saturated rings. The standard InChI is InChI=1S/C22H19ClF7NO3/c1-10-14(15(9-17(32)33)22(28,29)30)7-8-16(24)19(10)31-20(34)18(11(2)21(25,26)27)12-3-5-13(23)6-4-12/h3-8,11,15,18H,9H2,1-2H3,(H,31,34)(H,32,33)/t11-,15?,18+/m1/s1. The molecular weight excluding hydrogens is 495 g/mol. The van der Waals surface area contributed by atoms with Crippen molar-refractivity contribution in [2.75, 3.05) is 5.32 Å². The van der Waals surface area contributed by atoms with Crippen molar-refractivity contribution in [3.8, 4) is 0 Å². The molecule has 0 aliphatic heterocycles. The fourth-order valence-corrected chi connectivity index (χ4v) is 3.66. The van der Waals surface area contributed by atoms with Crippen molar-refractivity contribution < 1.29 is 45.4 Å². The highest BCUT2D eigenvalue weighted by molar-refractivity contribution is 6.30. The smallest absolute Gasteiger partial charge is 0.396 e. The van der Waals surface area contributed by atoms with Gasteiger partial charge in [-0.2, -0.15) is 26.3 Å². The molecule has 0 radical (unpaired) electrons. The summed E-state index contributed by atoms with van der Waals surface area (Å²) in [5, 5.41) is 11.0. The Morgan fingerprint density at radius 2 is 1.56 bits per heavy atom. The van der Waals surface area contributed by atoms with Gasteiger partial charge in [-0.05, 0) is 41.8 Å². The number of benzene rings is 2. The van der Waals surface area contributed by atoms with E-state index in [9.17, 15) is 40.3 Å². The minimum Gasteiger partial charge on any atom is -0.481 e. The predicted octanol–water partition coefficient (Wildman–Crippen LogP) is 6.83. The fraction of sp³-hybridized carbons (Fsp3) is 0.364. The molecule has 1 amide bonds. The minimum absolute atomic E-state index is 0.0972. The molecule has 0 aliphatic rings. The monoisotopic (exact) mass is 513 g/mol. The molecule has 0 heterocycles. The Bertz CT molecular complexity index is 1050. The van der Waals surface area contributed by atoms with Crippen LogP contribution in [0.2, 0.25) is 5.02 Å².